The predicted molar refractivity (Wildman–Crippen MR) is 79.5 cm³/mol. The van der Waals surface area contributed by atoms with Crippen molar-refractivity contribution in [1.82, 2.24) is 5.32 Å². The second-order valence-electron chi connectivity index (χ2n) is 4.70. The molecule has 0 radical (unpaired) electrons. The van der Waals surface area contributed by atoms with Crippen molar-refractivity contribution in [2.24, 2.45) is 5.14 Å². The van der Waals surface area contributed by atoms with E-state index in [2.05, 4.69) is 5.32 Å². The van der Waals surface area contributed by atoms with Crippen molar-refractivity contribution in [2.45, 2.75) is 11.3 Å². The molecular weight excluding hydrogens is 324 g/mol. The Bertz CT molecular complexity index is 823. The van der Waals surface area contributed by atoms with Crippen molar-refractivity contribution in [1.29, 1.82) is 0 Å². The van der Waals surface area contributed by atoms with E-state index in [1.165, 1.54) is 12.1 Å². The first kappa shape index (κ1) is 16.7. The summed E-state index contributed by atoms with van der Waals surface area (Å²) in [5, 5.41) is 16.3. The molecule has 9 heteroatoms. The lowest BCUT2D eigenvalue weighted by Gasteiger charge is -2.04. The number of carbonyl (C=O) groups excluding carboxylic acids is 1. The summed E-state index contributed by atoms with van der Waals surface area (Å²) in [6.45, 7) is 0.274. The van der Waals surface area contributed by atoms with Crippen molar-refractivity contribution in [3.8, 4) is 0 Å². The summed E-state index contributed by atoms with van der Waals surface area (Å²) >= 11 is 0. The molecule has 0 spiro atoms. The summed E-state index contributed by atoms with van der Waals surface area (Å²) < 4.78 is 27.1. The number of rotatable bonds is 6. The number of nitrogens with one attached hydrogen (secondary N) is 1. The topological polar surface area (TPSA) is 140 Å². The molecule has 0 atom stereocenters. The van der Waals surface area contributed by atoms with Crippen LogP contribution in [0.15, 0.2) is 45.9 Å². The van der Waals surface area contributed by atoms with E-state index in [0.717, 1.165) is 17.9 Å². The van der Waals surface area contributed by atoms with E-state index in [1.807, 2.05) is 0 Å². The molecule has 1 aromatic carbocycles. The van der Waals surface area contributed by atoms with Crippen molar-refractivity contribution < 1.29 is 27.5 Å². The molecular formula is C14H14N2O6S. The number of carboxylic acids is 1. The Hall–Kier alpha value is -2.65. The molecule has 2 aromatic rings. The van der Waals surface area contributed by atoms with Crippen LogP contribution >= 0.6 is 0 Å². The zero-order valence-electron chi connectivity index (χ0n) is 11.9. The molecule has 0 bridgehead atoms. The Morgan fingerprint density at radius 1 is 1.22 bits per heavy atom. The number of hydrogen-bond donors (Lipinski definition) is 3. The standard InChI is InChI=1S/C14H14N2O6S/c15-23(20,21)11-3-1-9(2-4-11)5-6-16-13(17)12-7-10(8-22-12)14(18)19/h1-4,7-8H,5-6H2,(H,16,17)(H,18,19)(H2,15,20,21). The minimum atomic E-state index is -3.72. The highest BCUT2D eigenvalue weighted by molar-refractivity contribution is 7.89. The van der Waals surface area contributed by atoms with Gasteiger partial charge in [0, 0.05) is 12.6 Å². The summed E-state index contributed by atoms with van der Waals surface area (Å²) in [7, 11) is -3.72. The Labute approximate surface area is 132 Å². The molecule has 122 valence electrons. The number of hydrogen-bond acceptors (Lipinski definition) is 5. The molecule has 8 nitrogen and oxygen atoms in total. The maximum Gasteiger partial charge on any atom is 0.338 e. The van der Waals surface area contributed by atoms with E-state index in [4.69, 9.17) is 14.7 Å². The third-order valence-electron chi connectivity index (χ3n) is 3.02. The smallest absolute Gasteiger partial charge is 0.338 e. The summed E-state index contributed by atoms with van der Waals surface area (Å²) in [6.07, 6.45) is 1.45. The lowest BCUT2D eigenvalue weighted by molar-refractivity contribution is 0.0695. The first-order chi connectivity index (χ1) is 10.8. The van der Waals surface area contributed by atoms with Gasteiger partial charge in [0.15, 0.2) is 5.76 Å². The highest BCUT2D eigenvalue weighted by Crippen LogP contribution is 2.10. The number of amides is 1. The van der Waals surface area contributed by atoms with Gasteiger partial charge in [-0.1, -0.05) is 12.1 Å². The van der Waals surface area contributed by atoms with E-state index in [9.17, 15) is 18.0 Å². The van der Waals surface area contributed by atoms with Crippen LogP contribution in [0.5, 0.6) is 0 Å². The van der Waals surface area contributed by atoms with Gasteiger partial charge in [-0.2, -0.15) is 0 Å². The number of carboxylic acid groups (broad SMARTS) is 1. The number of sulfonamides is 1. The Morgan fingerprint density at radius 3 is 2.39 bits per heavy atom. The van der Waals surface area contributed by atoms with E-state index in [-0.39, 0.29) is 22.8 Å². The second kappa shape index (κ2) is 6.63. The van der Waals surface area contributed by atoms with Gasteiger partial charge >= 0.3 is 5.97 Å². The van der Waals surface area contributed by atoms with Gasteiger partial charge in [-0.05, 0) is 24.1 Å². The molecule has 2 rings (SSSR count). The second-order valence-corrected chi connectivity index (χ2v) is 6.26. The normalized spacial score (nSPS) is 11.2. The van der Waals surface area contributed by atoms with Crippen LogP contribution in [0.1, 0.15) is 26.5 Å². The minimum absolute atomic E-state index is 0.0158. The summed E-state index contributed by atoms with van der Waals surface area (Å²) in [5.74, 6) is -1.80. The minimum Gasteiger partial charge on any atom is -0.478 e. The van der Waals surface area contributed by atoms with E-state index in [1.54, 1.807) is 12.1 Å². The SMILES string of the molecule is NS(=O)(=O)c1ccc(CCNC(=O)c2cc(C(=O)O)co2)cc1. The van der Waals surface area contributed by atoms with Crippen molar-refractivity contribution >= 4 is 21.9 Å². The van der Waals surface area contributed by atoms with Gasteiger partial charge in [-0.25, -0.2) is 18.4 Å². The molecule has 1 heterocycles. The van der Waals surface area contributed by atoms with Crippen LogP contribution in [-0.2, 0) is 16.4 Å². The number of aromatic carboxylic acids is 1. The van der Waals surface area contributed by atoms with Gasteiger partial charge in [0.2, 0.25) is 10.0 Å². The van der Waals surface area contributed by atoms with Crippen molar-refractivity contribution in [3.05, 3.63) is 53.5 Å². The van der Waals surface area contributed by atoms with Gasteiger partial charge in [-0.3, -0.25) is 4.79 Å². The van der Waals surface area contributed by atoms with E-state index < -0.39 is 21.9 Å². The Morgan fingerprint density at radius 2 is 1.87 bits per heavy atom. The average Bonchev–Trinajstić information content (AvgIpc) is 2.97. The molecule has 1 amide bonds. The Kier molecular flexibility index (Phi) is 4.82. The predicted octanol–water partition coefficient (Wildman–Crippen LogP) is 0.598. The zero-order chi connectivity index (χ0) is 17.0. The quantitative estimate of drug-likeness (QED) is 0.704. The highest BCUT2D eigenvalue weighted by atomic mass is 32.2. The number of carbonyl (C=O) groups is 2. The fraction of sp³-hybridized carbons (Fsp3) is 0.143. The van der Waals surface area contributed by atoms with Crippen molar-refractivity contribution in [2.75, 3.05) is 6.54 Å². The molecule has 23 heavy (non-hydrogen) atoms. The molecule has 0 unspecified atom stereocenters. The van der Waals surface area contributed by atoms with Gasteiger partial charge in [0.1, 0.15) is 6.26 Å². The van der Waals surface area contributed by atoms with Crippen LogP contribution < -0.4 is 10.5 Å². The van der Waals surface area contributed by atoms with Gasteiger partial charge in [0.05, 0.1) is 10.5 Å². The molecule has 4 N–H and O–H groups in total. The van der Waals surface area contributed by atoms with E-state index >= 15 is 0 Å². The summed E-state index contributed by atoms with van der Waals surface area (Å²) in [6, 6.07) is 7.11. The fourth-order valence-electron chi connectivity index (χ4n) is 1.82. The Balaban J connectivity index is 1.89. The lowest BCUT2D eigenvalue weighted by Crippen LogP contribution is -2.25. The number of nitrogens with two attached hydrogens (primary N) is 1. The van der Waals surface area contributed by atoms with Crippen LogP contribution in [0.25, 0.3) is 0 Å². The molecule has 1 aromatic heterocycles. The number of primary sulfonamides is 1. The summed E-state index contributed by atoms with van der Waals surface area (Å²) in [5.41, 5.74) is 0.706. The fourth-order valence-corrected chi connectivity index (χ4v) is 2.34. The average molecular weight is 338 g/mol. The third-order valence-corrected chi connectivity index (χ3v) is 3.95. The largest absolute Gasteiger partial charge is 0.478 e. The molecule has 0 fully saturated rings. The molecule has 0 aliphatic carbocycles. The summed E-state index contributed by atoms with van der Waals surface area (Å²) in [4.78, 5) is 22.5. The lowest BCUT2D eigenvalue weighted by atomic mass is 10.1. The van der Waals surface area contributed by atoms with Crippen LogP contribution in [-0.4, -0.2) is 31.9 Å². The van der Waals surface area contributed by atoms with Gasteiger partial charge < -0.3 is 14.8 Å². The third kappa shape index (κ3) is 4.41. The first-order valence-corrected chi connectivity index (χ1v) is 8.04. The molecule has 0 aliphatic rings. The van der Waals surface area contributed by atoms with Crippen LogP contribution in [0, 0.1) is 0 Å². The first-order valence-electron chi connectivity index (χ1n) is 6.49. The molecule has 0 saturated heterocycles. The number of furan rings is 1. The highest BCUT2D eigenvalue weighted by Gasteiger charge is 2.14. The van der Waals surface area contributed by atoms with Gasteiger partial charge in [0.25, 0.3) is 5.91 Å². The number of benzene rings is 1. The zero-order valence-corrected chi connectivity index (χ0v) is 12.7. The maximum atomic E-state index is 11.8. The maximum absolute atomic E-state index is 11.8. The molecule has 0 saturated carbocycles. The van der Waals surface area contributed by atoms with Crippen molar-refractivity contribution in [3.63, 3.8) is 0 Å². The van der Waals surface area contributed by atoms with Crippen LogP contribution in [0.3, 0.4) is 0 Å². The van der Waals surface area contributed by atoms with Crippen LogP contribution in [0.2, 0.25) is 0 Å². The van der Waals surface area contributed by atoms with E-state index in [0.29, 0.717) is 6.42 Å². The van der Waals surface area contributed by atoms with Gasteiger partial charge in [-0.15, -0.1) is 0 Å². The van der Waals surface area contributed by atoms with Crippen LogP contribution in [0.4, 0.5) is 0 Å². The molecule has 0 aliphatic heterocycles. The monoisotopic (exact) mass is 338 g/mol.